The van der Waals surface area contributed by atoms with Gasteiger partial charge >= 0.3 is 0 Å². The molecule has 0 radical (unpaired) electrons. The third-order valence-corrected chi connectivity index (χ3v) is 3.47. The second-order valence-corrected chi connectivity index (χ2v) is 5.36. The van der Waals surface area contributed by atoms with Crippen LogP contribution in [0.4, 0.5) is 0 Å². The molecule has 0 saturated carbocycles. The summed E-state index contributed by atoms with van der Waals surface area (Å²) in [7, 11) is 0. The zero-order valence-electron chi connectivity index (χ0n) is 11.4. The number of hydrogen-bond donors (Lipinski definition) is 1. The largest absolute Gasteiger partial charge is 0.330 e. The van der Waals surface area contributed by atoms with Gasteiger partial charge in [0.25, 0.3) is 0 Å². The molecular formula is C17H19NO. The number of rotatable bonds is 4. The Kier molecular flexibility index (Phi) is 3.82. The summed E-state index contributed by atoms with van der Waals surface area (Å²) in [5, 5.41) is 0. The Labute approximate surface area is 114 Å². The lowest BCUT2D eigenvalue weighted by Gasteiger charge is -2.23. The van der Waals surface area contributed by atoms with Crippen molar-refractivity contribution >= 4 is 5.78 Å². The van der Waals surface area contributed by atoms with Gasteiger partial charge < -0.3 is 5.73 Å². The van der Waals surface area contributed by atoms with Crippen LogP contribution >= 0.6 is 0 Å². The SMILES string of the molecule is CC(C)(CN)c1ccc(C(=O)c2ccccc2)cc1. The monoisotopic (exact) mass is 253 g/mol. The maximum atomic E-state index is 12.3. The predicted octanol–water partition coefficient (Wildman–Crippen LogP) is 3.15. The topological polar surface area (TPSA) is 43.1 Å². The highest BCUT2D eigenvalue weighted by Gasteiger charge is 2.18. The first-order chi connectivity index (χ1) is 9.04. The van der Waals surface area contributed by atoms with Gasteiger partial charge in [-0.05, 0) is 5.56 Å². The summed E-state index contributed by atoms with van der Waals surface area (Å²) >= 11 is 0. The predicted molar refractivity (Wildman–Crippen MR) is 78.4 cm³/mol. The van der Waals surface area contributed by atoms with E-state index in [0.29, 0.717) is 17.7 Å². The molecule has 2 aromatic rings. The Hall–Kier alpha value is -1.93. The smallest absolute Gasteiger partial charge is 0.193 e. The minimum atomic E-state index is -0.0612. The van der Waals surface area contributed by atoms with Crippen LogP contribution in [0.2, 0.25) is 0 Å². The van der Waals surface area contributed by atoms with Crippen molar-refractivity contribution in [3.8, 4) is 0 Å². The zero-order valence-corrected chi connectivity index (χ0v) is 11.4. The first-order valence-corrected chi connectivity index (χ1v) is 6.45. The van der Waals surface area contributed by atoms with Crippen LogP contribution in [0.15, 0.2) is 54.6 Å². The molecule has 0 unspecified atom stereocenters. The first kappa shape index (κ1) is 13.5. The highest BCUT2D eigenvalue weighted by molar-refractivity contribution is 6.08. The lowest BCUT2D eigenvalue weighted by atomic mass is 9.84. The summed E-state index contributed by atoms with van der Waals surface area (Å²) in [6.07, 6.45) is 0. The average molecular weight is 253 g/mol. The van der Waals surface area contributed by atoms with Crippen molar-refractivity contribution in [1.29, 1.82) is 0 Å². The molecule has 2 nitrogen and oxygen atoms in total. The van der Waals surface area contributed by atoms with Crippen LogP contribution in [0.5, 0.6) is 0 Å². The third-order valence-electron chi connectivity index (χ3n) is 3.47. The van der Waals surface area contributed by atoms with Crippen molar-refractivity contribution in [2.24, 2.45) is 5.73 Å². The molecule has 0 amide bonds. The molecule has 0 aliphatic heterocycles. The normalized spacial score (nSPS) is 11.3. The standard InChI is InChI=1S/C17H19NO/c1-17(2,12-18)15-10-8-14(9-11-15)16(19)13-6-4-3-5-7-13/h3-11H,12,18H2,1-2H3. The molecular weight excluding hydrogens is 234 g/mol. The molecule has 2 aromatic carbocycles. The zero-order chi connectivity index (χ0) is 13.9. The molecule has 98 valence electrons. The van der Waals surface area contributed by atoms with Gasteiger partial charge in [0.15, 0.2) is 5.78 Å². The molecule has 2 heteroatoms. The molecule has 0 atom stereocenters. The van der Waals surface area contributed by atoms with Crippen LogP contribution in [-0.4, -0.2) is 12.3 Å². The number of ketones is 1. The Morgan fingerprint density at radius 1 is 0.947 bits per heavy atom. The molecule has 0 fully saturated rings. The van der Waals surface area contributed by atoms with Gasteiger partial charge in [0.2, 0.25) is 0 Å². The van der Waals surface area contributed by atoms with Gasteiger partial charge in [0.1, 0.15) is 0 Å². The molecule has 0 aliphatic rings. The van der Waals surface area contributed by atoms with E-state index in [4.69, 9.17) is 5.73 Å². The number of nitrogens with two attached hydrogens (primary N) is 1. The minimum absolute atomic E-state index is 0.0534. The van der Waals surface area contributed by atoms with E-state index < -0.39 is 0 Å². The van der Waals surface area contributed by atoms with Gasteiger partial charge in [-0.1, -0.05) is 68.4 Å². The van der Waals surface area contributed by atoms with Gasteiger partial charge in [0.05, 0.1) is 0 Å². The van der Waals surface area contributed by atoms with E-state index in [1.54, 1.807) is 0 Å². The summed E-state index contributed by atoms with van der Waals surface area (Å²) in [5.41, 5.74) is 8.28. The highest BCUT2D eigenvalue weighted by atomic mass is 16.1. The van der Waals surface area contributed by atoms with Crippen LogP contribution < -0.4 is 5.73 Å². The molecule has 0 aromatic heterocycles. The van der Waals surface area contributed by atoms with E-state index in [1.165, 1.54) is 0 Å². The molecule has 0 spiro atoms. The van der Waals surface area contributed by atoms with E-state index in [9.17, 15) is 4.79 Å². The molecule has 0 heterocycles. The van der Waals surface area contributed by atoms with E-state index in [0.717, 1.165) is 5.56 Å². The van der Waals surface area contributed by atoms with E-state index in [2.05, 4.69) is 13.8 Å². The summed E-state index contributed by atoms with van der Waals surface area (Å²) < 4.78 is 0. The third kappa shape index (κ3) is 2.91. The Balaban J connectivity index is 2.27. The molecule has 0 saturated heterocycles. The minimum Gasteiger partial charge on any atom is -0.330 e. The second-order valence-electron chi connectivity index (χ2n) is 5.36. The summed E-state index contributed by atoms with van der Waals surface area (Å²) in [5.74, 6) is 0.0534. The average Bonchev–Trinajstić information content (AvgIpc) is 2.47. The summed E-state index contributed by atoms with van der Waals surface area (Å²) in [4.78, 5) is 12.3. The molecule has 0 aliphatic carbocycles. The highest BCUT2D eigenvalue weighted by Crippen LogP contribution is 2.22. The van der Waals surface area contributed by atoms with E-state index in [-0.39, 0.29) is 11.2 Å². The van der Waals surface area contributed by atoms with Crippen molar-refractivity contribution < 1.29 is 4.79 Å². The number of carbonyl (C=O) groups is 1. The van der Waals surface area contributed by atoms with Crippen molar-refractivity contribution in [3.05, 3.63) is 71.3 Å². The van der Waals surface area contributed by atoms with Crippen LogP contribution in [0.25, 0.3) is 0 Å². The van der Waals surface area contributed by atoms with Crippen molar-refractivity contribution in [2.45, 2.75) is 19.3 Å². The Morgan fingerprint density at radius 2 is 1.47 bits per heavy atom. The molecule has 2 rings (SSSR count). The first-order valence-electron chi connectivity index (χ1n) is 6.45. The van der Waals surface area contributed by atoms with E-state index in [1.807, 2.05) is 54.6 Å². The molecule has 0 bridgehead atoms. The van der Waals surface area contributed by atoms with Crippen molar-refractivity contribution in [2.75, 3.05) is 6.54 Å². The lowest BCUT2D eigenvalue weighted by molar-refractivity contribution is 0.103. The summed E-state index contributed by atoms with van der Waals surface area (Å²) in [6, 6.07) is 17.1. The van der Waals surface area contributed by atoms with Gasteiger partial charge in [-0.15, -0.1) is 0 Å². The number of benzene rings is 2. The number of carbonyl (C=O) groups excluding carboxylic acids is 1. The quantitative estimate of drug-likeness (QED) is 0.851. The molecule has 19 heavy (non-hydrogen) atoms. The number of hydrogen-bond acceptors (Lipinski definition) is 2. The van der Waals surface area contributed by atoms with Crippen LogP contribution in [-0.2, 0) is 5.41 Å². The van der Waals surface area contributed by atoms with Crippen molar-refractivity contribution in [1.82, 2.24) is 0 Å². The van der Waals surface area contributed by atoms with Crippen LogP contribution in [0.1, 0.15) is 35.3 Å². The maximum Gasteiger partial charge on any atom is 0.193 e. The fourth-order valence-electron chi connectivity index (χ4n) is 1.95. The van der Waals surface area contributed by atoms with Crippen LogP contribution in [0, 0.1) is 0 Å². The van der Waals surface area contributed by atoms with Gasteiger partial charge in [-0.25, -0.2) is 0 Å². The van der Waals surface area contributed by atoms with Crippen LogP contribution in [0.3, 0.4) is 0 Å². The Bertz CT molecular complexity index is 556. The molecule has 2 N–H and O–H groups in total. The fraction of sp³-hybridized carbons (Fsp3) is 0.235. The van der Waals surface area contributed by atoms with Crippen molar-refractivity contribution in [3.63, 3.8) is 0 Å². The maximum absolute atomic E-state index is 12.3. The van der Waals surface area contributed by atoms with E-state index >= 15 is 0 Å². The fourth-order valence-corrected chi connectivity index (χ4v) is 1.95. The second kappa shape index (κ2) is 5.37. The van der Waals surface area contributed by atoms with Gasteiger partial charge in [-0.3, -0.25) is 4.79 Å². The summed E-state index contributed by atoms with van der Waals surface area (Å²) in [6.45, 7) is 4.78. The Morgan fingerprint density at radius 3 is 2.00 bits per heavy atom. The van der Waals surface area contributed by atoms with Gasteiger partial charge in [0, 0.05) is 23.1 Å². The van der Waals surface area contributed by atoms with Gasteiger partial charge in [-0.2, -0.15) is 0 Å². The lowest BCUT2D eigenvalue weighted by Crippen LogP contribution is -2.28.